The van der Waals surface area contributed by atoms with Crippen LogP contribution in [-0.4, -0.2) is 43.0 Å². The lowest BCUT2D eigenvalue weighted by Crippen LogP contribution is -2.36. The predicted molar refractivity (Wildman–Crippen MR) is 97.2 cm³/mol. The number of benzene rings is 2. The lowest BCUT2D eigenvalue weighted by molar-refractivity contribution is 0.0955. The number of carbonyl (C=O) groups excluding carboxylic acids is 1. The number of anilines is 1. The first-order valence-electron chi connectivity index (χ1n) is 8.31. The Morgan fingerprint density at radius 3 is 2.46 bits per heavy atom. The Balaban J connectivity index is 1.69. The maximum atomic E-state index is 14.4. The van der Waals surface area contributed by atoms with Gasteiger partial charge in [0.1, 0.15) is 11.6 Å². The zero-order valence-electron chi connectivity index (χ0n) is 14.4. The van der Waals surface area contributed by atoms with Crippen LogP contribution in [0, 0.1) is 5.82 Å². The molecule has 0 bridgehead atoms. The van der Waals surface area contributed by atoms with E-state index < -0.39 is 5.91 Å². The minimum absolute atomic E-state index is 0.0806. The molecule has 6 nitrogen and oxygen atoms in total. The van der Waals surface area contributed by atoms with Crippen LogP contribution in [0.5, 0.6) is 5.75 Å². The number of morpholine rings is 1. The summed E-state index contributed by atoms with van der Waals surface area (Å²) in [7, 11) is 0. The number of aromatic hydroxyl groups is 1. The molecule has 1 amide bonds. The monoisotopic (exact) mass is 357 g/mol. The predicted octanol–water partition coefficient (Wildman–Crippen LogP) is 2.52. The van der Waals surface area contributed by atoms with Crippen LogP contribution >= 0.6 is 0 Å². The number of carbonyl (C=O) groups is 1. The molecule has 26 heavy (non-hydrogen) atoms. The van der Waals surface area contributed by atoms with Gasteiger partial charge in [0.15, 0.2) is 0 Å². The van der Waals surface area contributed by atoms with E-state index in [-0.39, 0.29) is 11.6 Å². The maximum Gasteiger partial charge on any atom is 0.271 e. The molecule has 1 fully saturated rings. The van der Waals surface area contributed by atoms with E-state index in [0.29, 0.717) is 48.8 Å². The van der Waals surface area contributed by atoms with E-state index in [4.69, 9.17) is 4.74 Å². The zero-order chi connectivity index (χ0) is 18.5. The smallest absolute Gasteiger partial charge is 0.271 e. The van der Waals surface area contributed by atoms with Crippen molar-refractivity contribution in [3.8, 4) is 5.75 Å². The van der Waals surface area contributed by atoms with Crippen LogP contribution in [0.15, 0.2) is 47.6 Å². The molecule has 0 aliphatic carbocycles. The molecule has 0 saturated carbocycles. The highest BCUT2D eigenvalue weighted by Gasteiger charge is 2.16. The van der Waals surface area contributed by atoms with E-state index in [1.807, 2.05) is 4.90 Å². The topological polar surface area (TPSA) is 74.2 Å². The Kier molecular flexibility index (Phi) is 5.48. The van der Waals surface area contributed by atoms with E-state index in [0.717, 1.165) is 0 Å². The van der Waals surface area contributed by atoms with Crippen LogP contribution in [0.25, 0.3) is 0 Å². The standard InChI is InChI=1S/C19H20FN3O3/c1-13(21-22-19(25)14-2-5-16(24)6-3-14)15-4-7-18(17(20)12-15)23-8-10-26-11-9-23/h2-7,12,24H,8-11H2,1H3,(H,22,25). The summed E-state index contributed by atoms with van der Waals surface area (Å²) in [5, 5.41) is 13.3. The second-order valence-electron chi connectivity index (χ2n) is 5.95. The van der Waals surface area contributed by atoms with Crippen LogP contribution < -0.4 is 10.3 Å². The summed E-state index contributed by atoms with van der Waals surface area (Å²) < 4.78 is 19.7. The molecule has 1 heterocycles. The number of nitrogens with one attached hydrogen (secondary N) is 1. The fraction of sp³-hybridized carbons (Fsp3) is 0.263. The number of halogens is 1. The fourth-order valence-corrected chi connectivity index (χ4v) is 2.67. The first kappa shape index (κ1) is 17.9. The SMILES string of the molecule is CC(=NNC(=O)c1ccc(O)cc1)c1ccc(N2CCOCC2)c(F)c1. The molecular formula is C19H20FN3O3. The minimum atomic E-state index is -0.408. The van der Waals surface area contributed by atoms with Crippen LogP contribution in [0.3, 0.4) is 0 Å². The molecule has 136 valence electrons. The van der Waals surface area contributed by atoms with Gasteiger partial charge in [-0.2, -0.15) is 5.10 Å². The number of rotatable bonds is 4. The summed E-state index contributed by atoms with van der Waals surface area (Å²) in [6.45, 7) is 4.19. The van der Waals surface area contributed by atoms with Gasteiger partial charge in [0, 0.05) is 24.2 Å². The van der Waals surface area contributed by atoms with Crippen molar-refractivity contribution >= 4 is 17.3 Å². The summed E-state index contributed by atoms with van der Waals surface area (Å²) in [5.74, 6) is -0.657. The van der Waals surface area contributed by atoms with E-state index in [2.05, 4.69) is 10.5 Å². The third-order valence-electron chi connectivity index (χ3n) is 4.17. The average Bonchev–Trinajstić information content (AvgIpc) is 2.67. The molecule has 2 aromatic carbocycles. The van der Waals surface area contributed by atoms with E-state index in [1.54, 1.807) is 19.1 Å². The Bertz CT molecular complexity index is 815. The summed E-state index contributed by atoms with van der Waals surface area (Å²) in [5.41, 5.74) is 4.42. The quantitative estimate of drug-likeness (QED) is 0.651. The first-order valence-corrected chi connectivity index (χ1v) is 8.31. The van der Waals surface area contributed by atoms with Crippen molar-refractivity contribution in [1.82, 2.24) is 5.43 Å². The van der Waals surface area contributed by atoms with Crippen LogP contribution in [0.1, 0.15) is 22.8 Å². The molecule has 3 rings (SSSR count). The lowest BCUT2D eigenvalue weighted by Gasteiger charge is -2.29. The molecule has 1 aliphatic rings. The van der Waals surface area contributed by atoms with Crippen LogP contribution in [0.2, 0.25) is 0 Å². The third kappa shape index (κ3) is 4.18. The fourth-order valence-electron chi connectivity index (χ4n) is 2.67. The molecule has 1 aliphatic heterocycles. The van der Waals surface area contributed by atoms with Gasteiger partial charge in [-0.1, -0.05) is 6.07 Å². The van der Waals surface area contributed by atoms with Gasteiger partial charge in [-0.25, -0.2) is 9.82 Å². The van der Waals surface area contributed by atoms with Crippen molar-refractivity contribution in [3.05, 3.63) is 59.4 Å². The van der Waals surface area contributed by atoms with Gasteiger partial charge in [0.2, 0.25) is 0 Å². The van der Waals surface area contributed by atoms with Crippen molar-refractivity contribution in [3.63, 3.8) is 0 Å². The van der Waals surface area contributed by atoms with Gasteiger partial charge in [-0.05, 0) is 43.3 Å². The number of hydrazone groups is 1. The van der Waals surface area contributed by atoms with Crippen LogP contribution in [-0.2, 0) is 4.74 Å². The van der Waals surface area contributed by atoms with E-state index in [1.165, 1.54) is 30.3 Å². The van der Waals surface area contributed by atoms with Gasteiger partial charge in [-0.15, -0.1) is 0 Å². The van der Waals surface area contributed by atoms with Crippen LogP contribution in [0.4, 0.5) is 10.1 Å². The molecule has 0 aromatic heterocycles. The number of amides is 1. The second-order valence-corrected chi connectivity index (χ2v) is 5.95. The molecule has 0 atom stereocenters. The minimum Gasteiger partial charge on any atom is -0.508 e. The molecule has 2 aromatic rings. The highest BCUT2D eigenvalue weighted by molar-refractivity contribution is 6.01. The highest BCUT2D eigenvalue weighted by atomic mass is 19.1. The maximum absolute atomic E-state index is 14.4. The first-order chi connectivity index (χ1) is 12.5. The van der Waals surface area contributed by atoms with Gasteiger partial charge in [-0.3, -0.25) is 4.79 Å². The number of phenols is 1. The number of hydrogen-bond acceptors (Lipinski definition) is 5. The van der Waals surface area contributed by atoms with Gasteiger partial charge < -0.3 is 14.7 Å². The summed E-state index contributed by atoms with van der Waals surface area (Å²) >= 11 is 0. The Labute approximate surface area is 150 Å². The number of nitrogens with zero attached hydrogens (tertiary/aromatic N) is 2. The lowest BCUT2D eigenvalue weighted by atomic mass is 10.1. The molecule has 1 saturated heterocycles. The number of ether oxygens (including phenoxy) is 1. The van der Waals surface area contributed by atoms with Crippen molar-refractivity contribution in [2.45, 2.75) is 6.92 Å². The van der Waals surface area contributed by atoms with Gasteiger partial charge >= 0.3 is 0 Å². The van der Waals surface area contributed by atoms with Crippen molar-refractivity contribution in [2.24, 2.45) is 5.10 Å². The summed E-state index contributed by atoms with van der Waals surface area (Å²) in [4.78, 5) is 14.0. The largest absolute Gasteiger partial charge is 0.508 e. The Hall–Kier alpha value is -2.93. The highest BCUT2D eigenvalue weighted by Crippen LogP contribution is 2.22. The molecule has 2 N–H and O–H groups in total. The Morgan fingerprint density at radius 1 is 1.15 bits per heavy atom. The third-order valence-corrected chi connectivity index (χ3v) is 4.17. The van der Waals surface area contributed by atoms with Crippen molar-refractivity contribution in [1.29, 1.82) is 0 Å². The molecular weight excluding hydrogens is 337 g/mol. The zero-order valence-corrected chi connectivity index (χ0v) is 14.4. The van der Waals surface area contributed by atoms with E-state index >= 15 is 0 Å². The second kappa shape index (κ2) is 7.97. The van der Waals surface area contributed by atoms with Gasteiger partial charge in [0.25, 0.3) is 5.91 Å². The number of hydrogen-bond donors (Lipinski definition) is 2. The van der Waals surface area contributed by atoms with Crippen molar-refractivity contribution < 1.29 is 19.0 Å². The molecule has 7 heteroatoms. The van der Waals surface area contributed by atoms with Gasteiger partial charge in [0.05, 0.1) is 24.6 Å². The number of phenolic OH excluding ortho intramolecular Hbond substituents is 1. The molecule has 0 radical (unpaired) electrons. The normalized spacial score (nSPS) is 15.0. The average molecular weight is 357 g/mol. The van der Waals surface area contributed by atoms with Crippen molar-refractivity contribution in [2.75, 3.05) is 31.2 Å². The summed E-state index contributed by atoms with van der Waals surface area (Å²) in [6.07, 6.45) is 0. The molecule has 0 spiro atoms. The van der Waals surface area contributed by atoms with E-state index in [9.17, 15) is 14.3 Å². The Morgan fingerprint density at radius 2 is 1.81 bits per heavy atom. The molecule has 0 unspecified atom stereocenters. The summed E-state index contributed by atoms with van der Waals surface area (Å²) in [6, 6.07) is 10.7.